The van der Waals surface area contributed by atoms with Gasteiger partial charge in [0.1, 0.15) is 0 Å². The fraction of sp³-hybridized carbons (Fsp3) is 0.955. The molecule has 0 amide bonds. The van der Waals surface area contributed by atoms with Crippen molar-refractivity contribution in [3.05, 3.63) is 0 Å². The summed E-state index contributed by atoms with van der Waals surface area (Å²) in [7, 11) is 0. The lowest BCUT2D eigenvalue weighted by atomic mass is 10.0. The highest BCUT2D eigenvalue weighted by Gasteiger charge is 2.36. The van der Waals surface area contributed by atoms with Gasteiger partial charge in [0, 0.05) is 12.8 Å². The van der Waals surface area contributed by atoms with E-state index in [1.807, 2.05) is 6.92 Å². The van der Waals surface area contributed by atoms with E-state index in [4.69, 9.17) is 14.2 Å². The molecular weight excluding hydrogens is 328 g/mol. The first-order valence-electron chi connectivity index (χ1n) is 11.2. The number of hydrogen-bond donors (Lipinski definition) is 0. The lowest BCUT2D eigenvalue weighted by Crippen LogP contribution is -2.31. The van der Waals surface area contributed by atoms with Gasteiger partial charge in [0.05, 0.1) is 26.2 Å². The van der Waals surface area contributed by atoms with Gasteiger partial charge in [-0.15, -0.1) is 0 Å². The van der Waals surface area contributed by atoms with Crippen LogP contribution in [0.25, 0.3) is 0 Å². The standard InChI is InChI=1S/C22H42O4/c1-3-5-6-7-8-9-10-11-12-13-14-15-17-22(25-19-20-26-22)18-16-21(23)24-4-2/h3-20H2,1-2H3. The van der Waals surface area contributed by atoms with Gasteiger partial charge in [-0.2, -0.15) is 0 Å². The molecule has 4 heteroatoms. The first kappa shape index (κ1) is 23.4. The van der Waals surface area contributed by atoms with Crippen LogP contribution in [0.3, 0.4) is 0 Å². The topological polar surface area (TPSA) is 44.8 Å². The Bertz CT molecular complexity index is 337. The molecule has 26 heavy (non-hydrogen) atoms. The number of rotatable bonds is 17. The van der Waals surface area contributed by atoms with E-state index in [0.29, 0.717) is 32.7 Å². The Morgan fingerprint density at radius 3 is 1.77 bits per heavy atom. The van der Waals surface area contributed by atoms with E-state index < -0.39 is 5.79 Å². The fourth-order valence-corrected chi connectivity index (χ4v) is 3.67. The number of ether oxygens (including phenoxy) is 3. The van der Waals surface area contributed by atoms with Crippen LogP contribution < -0.4 is 0 Å². The molecule has 1 fully saturated rings. The van der Waals surface area contributed by atoms with Crippen molar-refractivity contribution in [2.75, 3.05) is 19.8 Å². The number of hydrogen-bond acceptors (Lipinski definition) is 4. The van der Waals surface area contributed by atoms with E-state index in [-0.39, 0.29) is 5.97 Å². The Kier molecular flexibility index (Phi) is 13.9. The molecule has 0 aromatic heterocycles. The summed E-state index contributed by atoms with van der Waals surface area (Å²) in [4.78, 5) is 11.6. The fourth-order valence-electron chi connectivity index (χ4n) is 3.67. The molecule has 1 heterocycles. The quantitative estimate of drug-likeness (QED) is 0.227. The molecule has 1 saturated heterocycles. The molecule has 0 aromatic rings. The van der Waals surface area contributed by atoms with Crippen molar-refractivity contribution in [3.8, 4) is 0 Å². The summed E-state index contributed by atoms with van der Waals surface area (Å²) in [5.41, 5.74) is 0. The van der Waals surface area contributed by atoms with Crippen LogP contribution in [0.15, 0.2) is 0 Å². The van der Waals surface area contributed by atoms with Crippen LogP contribution in [-0.2, 0) is 19.0 Å². The van der Waals surface area contributed by atoms with Crippen molar-refractivity contribution in [2.24, 2.45) is 0 Å². The maximum atomic E-state index is 11.6. The van der Waals surface area contributed by atoms with Crippen LogP contribution in [0.2, 0.25) is 0 Å². The SMILES string of the molecule is CCCCCCCCCCCCCCC1(CCC(=O)OCC)OCCO1. The second-order valence-corrected chi connectivity index (χ2v) is 7.55. The molecule has 154 valence electrons. The van der Waals surface area contributed by atoms with Gasteiger partial charge in [0.15, 0.2) is 5.79 Å². The molecule has 1 aliphatic rings. The molecule has 0 bridgehead atoms. The Labute approximate surface area is 161 Å². The third kappa shape index (κ3) is 11.2. The molecule has 4 nitrogen and oxygen atoms in total. The number of carbonyl (C=O) groups is 1. The average molecular weight is 371 g/mol. The summed E-state index contributed by atoms with van der Waals surface area (Å²) in [6, 6.07) is 0. The van der Waals surface area contributed by atoms with Gasteiger partial charge in [-0.3, -0.25) is 4.79 Å². The highest BCUT2D eigenvalue weighted by Crippen LogP contribution is 2.31. The molecule has 0 aromatic carbocycles. The van der Waals surface area contributed by atoms with E-state index in [2.05, 4.69) is 6.92 Å². The molecule has 0 aliphatic carbocycles. The molecule has 1 rings (SSSR count). The monoisotopic (exact) mass is 370 g/mol. The molecular formula is C22H42O4. The van der Waals surface area contributed by atoms with E-state index >= 15 is 0 Å². The minimum Gasteiger partial charge on any atom is -0.466 e. The molecule has 0 unspecified atom stereocenters. The van der Waals surface area contributed by atoms with Crippen molar-refractivity contribution in [1.29, 1.82) is 0 Å². The Hall–Kier alpha value is -0.610. The smallest absolute Gasteiger partial charge is 0.305 e. The highest BCUT2D eigenvalue weighted by molar-refractivity contribution is 5.69. The van der Waals surface area contributed by atoms with Gasteiger partial charge in [-0.05, 0) is 13.3 Å². The van der Waals surface area contributed by atoms with Crippen LogP contribution in [-0.4, -0.2) is 31.6 Å². The summed E-state index contributed by atoms with van der Waals surface area (Å²) in [5, 5.41) is 0. The molecule has 0 spiro atoms. The highest BCUT2D eigenvalue weighted by atomic mass is 16.7. The van der Waals surface area contributed by atoms with E-state index in [9.17, 15) is 4.79 Å². The summed E-state index contributed by atoms with van der Waals surface area (Å²) in [6.45, 7) is 5.82. The lowest BCUT2D eigenvalue weighted by molar-refractivity contribution is -0.175. The summed E-state index contributed by atoms with van der Waals surface area (Å²) < 4.78 is 16.7. The lowest BCUT2D eigenvalue weighted by Gasteiger charge is -2.27. The summed E-state index contributed by atoms with van der Waals surface area (Å²) in [5.74, 6) is -0.689. The number of carbonyl (C=O) groups excluding carboxylic acids is 1. The van der Waals surface area contributed by atoms with Crippen LogP contribution in [0.5, 0.6) is 0 Å². The molecule has 0 saturated carbocycles. The van der Waals surface area contributed by atoms with Crippen LogP contribution in [0, 0.1) is 0 Å². The van der Waals surface area contributed by atoms with Gasteiger partial charge in [0.25, 0.3) is 0 Å². The Morgan fingerprint density at radius 2 is 1.27 bits per heavy atom. The molecule has 0 atom stereocenters. The van der Waals surface area contributed by atoms with Gasteiger partial charge >= 0.3 is 5.97 Å². The minimum atomic E-state index is -0.536. The van der Waals surface area contributed by atoms with Crippen molar-refractivity contribution in [1.82, 2.24) is 0 Å². The first-order valence-corrected chi connectivity index (χ1v) is 11.2. The minimum absolute atomic E-state index is 0.152. The van der Waals surface area contributed by atoms with E-state index in [1.54, 1.807) is 0 Å². The Balaban J connectivity index is 1.99. The summed E-state index contributed by atoms with van der Waals surface area (Å²) in [6.07, 6.45) is 18.0. The van der Waals surface area contributed by atoms with Gasteiger partial charge < -0.3 is 14.2 Å². The third-order valence-electron chi connectivity index (χ3n) is 5.24. The van der Waals surface area contributed by atoms with Crippen molar-refractivity contribution in [2.45, 2.75) is 116 Å². The Morgan fingerprint density at radius 1 is 0.769 bits per heavy atom. The van der Waals surface area contributed by atoms with E-state index in [1.165, 1.54) is 70.6 Å². The van der Waals surface area contributed by atoms with Crippen LogP contribution in [0.1, 0.15) is 110 Å². The van der Waals surface area contributed by atoms with Gasteiger partial charge in [-0.25, -0.2) is 0 Å². The number of unbranched alkanes of at least 4 members (excludes halogenated alkanes) is 11. The second-order valence-electron chi connectivity index (χ2n) is 7.55. The molecule has 0 N–H and O–H groups in total. The predicted molar refractivity (Wildman–Crippen MR) is 106 cm³/mol. The predicted octanol–water partition coefficient (Wildman–Crippen LogP) is 6.16. The van der Waals surface area contributed by atoms with Crippen molar-refractivity contribution in [3.63, 3.8) is 0 Å². The summed E-state index contributed by atoms with van der Waals surface area (Å²) >= 11 is 0. The molecule has 0 radical (unpaired) electrons. The zero-order chi connectivity index (χ0) is 18.9. The largest absolute Gasteiger partial charge is 0.466 e. The maximum absolute atomic E-state index is 11.6. The zero-order valence-electron chi connectivity index (χ0n) is 17.4. The molecule has 1 aliphatic heterocycles. The number of esters is 1. The van der Waals surface area contributed by atoms with Crippen molar-refractivity contribution < 1.29 is 19.0 Å². The average Bonchev–Trinajstić information content (AvgIpc) is 3.10. The van der Waals surface area contributed by atoms with Crippen molar-refractivity contribution >= 4 is 5.97 Å². The van der Waals surface area contributed by atoms with Crippen LogP contribution >= 0.6 is 0 Å². The normalized spacial score (nSPS) is 16.1. The van der Waals surface area contributed by atoms with Crippen LogP contribution in [0.4, 0.5) is 0 Å². The third-order valence-corrected chi connectivity index (χ3v) is 5.24. The van der Waals surface area contributed by atoms with Gasteiger partial charge in [0.2, 0.25) is 0 Å². The second kappa shape index (κ2) is 15.4. The zero-order valence-corrected chi connectivity index (χ0v) is 17.4. The van der Waals surface area contributed by atoms with Gasteiger partial charge in [-0.1, -0.05) is 77.6 Å². The first-order chi connectivity index (χ1) is 12.7. The maximum Gasteiger partial charge on any atom is 0.305 e. The van der Waals surface area contributed by atoms with E-state index in [0.717, 1.165) is 12.8 Å².